The summed E-state index contributed by atoms with van der Waals surface area (Å²) in [4.78, 5) is 16.5. The molecular formula is C23H29NO3S. The summed E-state index contributed by atoms with van der Waals surface area (Å²) in [5, 5.41) is 2.09. The zero-order valence-electron chi connectivity index (χ0n) is 16.8. The molecule has 1 aromatic heterocycles. The molecule has 1 aliphatic heterocycles. The molecule has 1 fully saturated rings. The Kier molecular flexibility index (Phi) is 5.90. The number of fused-ring (bicyclic) bond motifs is 1. The van der Waals surface area contributed by atoms with Gasteiger partial charge in [0.1, 0.15) is 0 Å². The quantitative estimate of drug-likeness (QED) is 0.669. The summed E-state index contributed by atoms with van der Waals surface area (Å²) < 4.78 is 11.0. The van der Waals surface area contributed by atoms with Gasteiger partial charge < -0.3 is 14.4 Å². The average molecular weight is 400 g/mol. The van der Waals surface area contributed by atoms with Crippen molar-refractivity contribution < 1.29 is 14.3 Å². The van der Waals surface area contributed by atoms with Crippen molar-refractivity contribution in [3.63, 3.8) is 0 Å². The molecule has 1 amide bonds. The van der Waals surface area contributed by atoms with Gasteiger partial charge in [-0.15, -0.1) is 11.3 Å². The van der Waals surface area contributed by atoms with E-state index in [1.165, 1.54) is 41.7 Å². The molecule has 150 valence electrons. The number of methoxy groups -OCH3 is 2. The number of carbonyl (C=O) groups excluding carboxylic acids is 1. The van der Waals surface area contributed by atoms with Crippen molar-refractivity contribution in [2.24, 2.45) is 5.92 Å². The van der Waals surface area contributed by atoms with E-state index in [9.17, 15) is 4.79 Å². The highest BCUT2D eigenvalue weighted by Gasteiger charge is 2.34. The number of hydrogen-bond acceptors (Lipinski definition) is 4. The number of benzene rings is 1. The van der Waals surface area contributed by atoms with Crippen LogP contribution in [0.25, 0.3) is 0 Å². The molecule has 1 aromatic carbocycles. The Hall–Kier alpha value is -2.01. The zero-order chi connectivity index (χ0) is 19.5. The van der Waals surface area contributed by atoms with Gasteiger partial charge in [-0.05, 0) is 53.5 Å². The lowest BCUT2D eigenvalue weighted by molar-refractivity contribution is -0.133. The summed E-state index contributed by atoms with van der Waals surface area (Å²) in [6.07, 6.45) is 7.79. The molecule has 2 heterocycles. The molecule has 0 saturated heterocycles. The summed E-state index contributed by atoms with van der Waals surface area (Å²) in [6, 6.07) is 8.32. The van der Waals surface area contributed by atoms with Crippen LogP contribution in [-0.2, 0) is 11.2 Å². The molecule has 1 unspecified atom stereocenters. The van der Waals surface area contributed by atoms with E-state index in [-0.39, 0.29) is 11.9 Å². The van der Waals surface area contributed by atoms with E-state index in [0.29, 0.717) is 6.42 Å². The Morgan fingerprint density at radius 2 is 1.93 bits per heavy atom. The number of rotatable bonds is 6. The third kappa shape index (κ3) is 3.77. The molecule has 0 N–H and O–H groups in total. The molecule has 1 aliphatic carbocycles. The van der Waals surface area contributed by atoms with Crippen LogP contribution < -0.4 is 9.47 Å². The first kappa shape index (κ1) is 19.3. The highest BCUT2D eigenvalue weighted by molar-refractivity contribution is 7.10. The van der Waals surface area contributed by atoms with Gasteiger partial charge in [-0.25, -0.2) is 0 Å². The Labute approximate surface area is 171 Å². The molecule has 0 spiro atoms. The van der Waals surface area contributed by atoms with Gasteiger partial charge in [-0.3, -0.25) is 4.79 Å². The lowest BCUT2D eigenvalue weighted by Gasteiger charge is -2.37. The van der Waals surface area contributed by atoms with E-state index in [4.69, 9.17) is 9.47 Å². The minimum atomic E-state index is -0.0281. The summed E-state index contributed by atoms with van der Waals surface area (Å²) in [5.74, 6) is 2.51. The van der Waals surface area contributed by atoms with Crippen LogP contribution in [0.15, 0.2) is 29.6 Å². The Morgan fingerprint density at radius 1 is 1.18 bits per heavy atom. The molecule has 1 atom stereocenters. The molecule has 5 heteroatoms. The SMILES string of the molecule is COc1cc2c(cc1OC)C(c1cccs1)N(C(=O)CCC1CCCC1)CC2. The molecule has 0 radical (unpaired) electrons. The summed E-state index contributed by atoms with van der Waals surface area (Å²) in [6.45, 7) is 0.758. The molecule has 2 aliphatic rings. The zero-order valence-corrected chi connectivity index (χ0v) is 17.6. The van der Waals surface area contributed by atoms with E-state index in [1.807, 2.05) is 0 Å². The first-order chi connectivity index (χ1) is 13.7. The van der Waals surface area contributed by atoms with Gasteiger partial charge in [0, 0.05) is 17.8 Å². The summed E-state index contributed by atoms with van der Waals surface area (Å²) in [5.41, 5.74) is 2.41. The highest BCUT2D eigenvalue weighted by atomic mass is 32.1. The van der Waals surface area contributed by atoms with Crippen LogP contribution >= 0.6 is 11.3 Å². The van der Waals surface area contributed by atoms with Gasteiger partial charge in [0.2, 0.25) is 5.91 Å². The van der Waals surface area contributed by atoms with E-state index in [1.54, 1.807) is 25.6 Å². The second kappa shape index (κ2) is 8.56. The van der Waals surface area contributed by atoms with Gasteiger partial charge >= 0.3 is 0 Å². The first-order valence-corrected chi connectivity index (χ1v) is 11.2. The predicted molar refractivity (Wildman–Crippen MR) is 112 cm³/mol. The third-order valence-electron chi connectivity index (χ3n) is 6.25. The lowest BCUT2D eigenvalue weighted by Crippen LogP contribution is -2.40. The second-order valence-electron chi connectivity index (χ2n) is 7.85. The topological polar surface area (TPSA) is 38.8 Å². The van der Waals surface area contributed by atoms with Crippen LogP contribution in [0.3, 0.4) is 0 Å². The monoisotopic (exact) mass is 399 g/mol. The largest absolute Gasteiger partial charge is 0.493 e. The Morgan fingerprint density at radius 3 is 2.61 bits per heavy atom. The van der Waals surface area contributed by atoms with E-state index < -0.39 is 0 Å². The smallest absolute Gasteiger partial charge is 0.223 e. The normalized spacial score (nSPS) is 19.5. The fourth-order valence-electron chi connectivity index (χ4n) is 4.74. The highest BCUT2D eigenvalue weighted by Crippen LogP contribution is 2.42. The van der Waals surface area contributed by atoms with Crippen molar-refractivity contribution in [2.45, 2.75) is 51.0 Å². The molecule has 1 saturated carbocycles. The van der Waals surface area contributed by atoms with Crippen molar-refractivity contribution in [3.05, 3.63) is 45.6 Å². The van der Waals surface area contributed by atoms with E-state index in [2.05, 4.69) is 34.5 Å². The number of hydrogen-bond donors (Lipinski definition) is 0. The van der Waals surface area contributed by atoms with Gasteiger partial charge in [0.05, 0.1) is 20.3 Å². The standard InChI is InChI=1S/C23H29NO3S/c1-26-19-14-17-11-12-24(22(25)10-9-16-6-3-4-7-16)23(21-8-5-13-28-21)18(17)15-20(19)27-2/h5,8,13-16,23H,3-4,6-7,9-12H2,1-2H3. The maximum atomic E-state index is 13.2. The van der Waals surface area contributed by atoms with Crippen molar-refractivity contribution in [1.82, 2.24) is 4.90 Å². The van der Waals surface area contributed by atoms with Crippen LogP contribution in [0.1, 0.15) is 60.6 Å². The lowest BCUT2D eigenvalue weighted by atomic mass is 9.90. The molecule has 4 rings (SSSR count). The van der Waals surface area contributed by atoms with Crippen LogP contribution in [0.5, 0.6) is 11.5 Å². The molecule has 28 heavy (non-hydrogen) atoms. The minimum Gasteiger partial charge on any atom is -0.493 e. The van der Waals surface area contributed by atoms with Crippen molar-refractivity contribution in [1.29, 1.82) is 0 Å². The minimum absolute atomic E-state index is 0.0281. The number of ether oxygens (including phenoxy) is 2. The maximum Gasteiger partial charge on any atom is 0.223 e. The predicted octanol–water partition coefficient (Wildman–Crippen LogP) is 5.21. The number of nitrogens with zero attached hydrogens (tertiary/aromatic N) is 1. The second-order valence-corrected chi connectivity index (χ2v) is 8.83. The maximum absolute atomic E-state index is 13.2. The van der Waals surface area contributed by atoms with Crippen LogP contribution in [0.4, 0.5) is 0 Å². The van der Waals surface area contributed by atoms with Crippen molar-refractivity contribution in [3.8, 4) is 11.5 Å². The van der Waals surface area contributed by atoms with Crippen LogP contribution in [0.2, 0.25) is 0 Å². The molecule has 0 bridgehead atoms. The van der Waals surface area contributed by atoms with Gasteiger partial charge in [0.15, 0.2) is 11.5 Å². The van der Waals surface area contributed by atoms with Crippen LogP contribution in [-0.4, -0.2) is 31.6 Å². The molecular weight excluding hydrogens is 370 g/mol. The Balaban J connectivity index is 1.63. The van der Waals surface area contributed by atoms with Gasteiger partial charge in [0.25, 0.3) is 0 Å². The van der Waals surface area contributed by atoms with Gasteiger partial charge in [-0.1, -0.05) is 31.7 Å². The fourth-order valence-corrected chi connectivity index (χ4v) is 5.59. The number of thiophene rings is 1. The molecule has 2 aromatic rings. The van der Waals surface area contributed by atoms with Crippen molar-refractivity contribution >= 4 is 17.2 Å². The van der Waals surface area contributed by atoms with Crippen molar-refractivity contribution in [2.75, 3.05) is 20.8 Å². The van der Waals surface area contributed by atoms with E-state index >= 15 is 0 Å². The fraction of sp³-hybridized carbons (Fsp3) is 0.522. The Bertz CT molecular complexity index is 812. The first-order valence-electron chi connectivity index (χ1n) is 10.3. The van der Waals surface area contributed by atoms with Gasteiger partial charge in [-0.2, -0.15) is 0 Å². The van der Waals surface area contributed by atoms with Crippen LogP contribution in [0, 0.1) is 5.92 Å². The van der Waals surface area contributed by atoms with E-state index in [0.717, 1.165) is 36.8 Å². The average Bonchev–Trinajstić information content (AvgIpc) is 3.44. The number of carbonyl (C=O) groups is 1. The third-order valence-corrected chi connectivity index (χ3v) is 7.17. The molecule has 4 nitrogen and oxygen atoms in total. The summed E-state index contributed by atoms with van der Waals surface area (Å²) in [7, 11) is 3.33. The number of amides is 1. The summed E-state index contributed by atoms with van der Waals surface area (Å²) >= 11 is 1.72.